The number of allylic oxidation sites excluding steroid dienone is 2. The fourth-order valence-corrected chi connectivity index (χ4v) is 1.87. The molecule has 0 spiro atoms. The maximum absolute atomic E-state index is 5.66. The first-order chi connectivity index (χ1) is 7.27. The summed E-state index contributed by atoms with van der Waals surface area (Å²) in [6.45, 7) is 2.08. The molecule has 0 aromatic heterocycles. The van der Waals surface area contributed by atoms with E-state index < -0.39 is 0 Å². The number of hydrogen-bond donors (Lipinski definition) is 0. The minimum Gasteiger partial charge on any atom is -1.00 e. The smallest absolute Gasteiger partial charge is 1.00 e. The number of rotatable bonds is 3. The van der Waals surface area contributed by atoms with Crippen LogP contribution in [0.2, 0.25) is 0 Å². The van der Waals surface area contributed by atoms with Crippen molar-refractivity contribution in [1.82, 2.24) is 0 Å². The van der Waals surface area contributed by atoms with E-state index >= 15 is 0 Å². The number of methoxy groups -OCH3 is 1. The van der Waals surface area contributed by atoms with Gasteiger partial charge in [-0.3, -0.25) is 6.08 Å². The number of hydrogen-bond acceptors (Lipinski definition) is 1. The molecule has 1 radical (unpaired) electrons. The van der Waals surface area contributed by atoms with E-state index in [0.29, 0.717) is 0 Å². The molecule has 1 aromatic rings. The van der Waals surface area contributed by atoms with Gasteiger partial charge in [0, 0.05) is 7.11 Å². The number of benzene rings is 1. The average Bonchev–Trinajstić information content (AvgIpc) is 2.83. The predicted octanol–water partition coefficient (Wildman–Crippen LogP) is -2.76. The molecule has 95 valence electrons. The number of halogens is 2. The van der Waals surface area contributed by atoms with Crippen molar-refractivity contribution < 1.29 is 51.3 Å². The molecule has 0 bridgehead atoms. The summed E-state index contributed by atoms with van der Waals surface area (Å²) >= 11 is 0. The molecular formula is C14H15Cl2OTi. The fourth-order valence-electron chi connectivity index (χ4n) is 1.87. The SMILES string of the molecule is COC(C)(C1=[C-]CC=C1)c1ccccc1.[Cl-].[Cl-].[Ti+3]. The van der Waals surface area contributed by atoms with Crippen LogP contribution in [0.25, 0.3) is 0 Å². The maximum atomic E-state index is 5.66. The standard InChI is InChI=1S/C14H15O.2ClH.Ti/c1-14(15-2,13-10-6-7-11-13)12-8-4-3-5-9-12;;;/h3-6,8-10H,7H2,1-2H3;2*1H;/q-1;;;+3/p-2. The topological polar surface area (TPSA) is 9.23 Å². The van der Waals surface area contributed by atoms with Crippen LogP contribution >= 0.6 is 0 Å². The van der Waals surface area contributed by atoms with Crippen LogP contribution in [0.15, 0.2) is 48.1 Å². The molecular weight excluding hydrogens is 303 g/mol. The van der Waals surface area contributed by atoms with Gasteiger partial charge in [-0.05, 0) is 12.5 Å². The van der Waals surface area contributed by atoms with Crippen molar-refractivity contribution in [3.8, 4) is 0 Å². The molecule has 0 N–H and O–H groups in total. The zero-order valence-electron chi connectivity index (χ0n) is 10.4. The summed E-state index contributed by atoms with van der Waals surface area (Å²) in [6.07, 6.45) is 8.42. The van der Waals surface area contributed by atoms with Gasteiger partial charge in [0.2, 0.25) is 0 Å². The summed E-state index contributed by atoms with van der Waals surface area (Å²) in [5, 5.41) is 0. The minimum absolute atomic E-state index is 0. The van der Waals surface area contributed by atoms with Crippen molar-refractivity contribution in [3.63, 3.8) is 0 Å². The second kappa shape index (κ2) is 8.95. The predicted molar refractivity (Wildman–Crippen MR) is 61.3 cm³/mol. The second-order valence-corrected chi connectivity index (χ2v) is 3.80. The Morgan fingerprint density at radius 3 is 2.22 bits per heavy atom. The van der Waals surface area contributed by atoms with E-state index in [4.69, 9.17) is 4.74 Å². The first-order valence-corrected chi connectivity index (χ1v) is 5.16. The molecule has 1 aliphatic rings. The molecule has 4 heteroatoms. The van der Waals surface area contributed by atoms with Crippen LogP contribution < -0.4 is 24.8 Å². The van der Waals surface area contributed by atoms with Gasteiger partial charge in [-0.2, -0.15) is 11.6 Å². The molecule has 1 unspecified atom stereocenters. The summed E-state index contributed by atoms with van der Waals surface area (Å²) in [6, 6.07) is 10.3. The number of ether oxygens (including phenoxy) is 1. The summed E-state index contributed by atoms with van der Waals surface area (Å²) in [5.41, 5.74) is 1.92. The Kier molecular flexibility index (Phi) is 10.1. The largest absolute Gasteiger partial charge is 3.00 e. The Balaban J connectivity index is 0. The van der Waals surface area contributed by atoms with Gasteiger partial charge >= 0.3 is 21.7 Å². The first kappa shape index (κ1) is 20.3. The van der Waals surface area contributed by atoms with E-state index in [0.717, 1.165) is 12.0 Å². The average molecular weight is 318 g/mol. The van der Waals surface area contributed by atoms with Crippen LogP contribution in [0.1, 0.15) is 18.9 Å². The Labute approximate surface area is 136 Å². The third-order valence-electron chi connectivity index (χ3n) is 2.94. The van der Waals surface area contributed by atoms with Crippen LogP contribution in [-0.4, -0.2) is 7.11 Å². The van der Waals surface area contributed by atoms with Crippen molar-refractivity contribution in [2.75, 3.05) is 7.11 Å². The zero-order chi connectivity index (χ0) is 10.7. The molecule has 1 aromatic carbocycles. The fraction of sp³-hybridized carbons (Fsp3) is 0.286. The van der Waals surface area contributed by atoms with Gasteiger partial charge in [0.15, 0.2) is 0 Å². The van der Waals surface area contributed by atoms with Crippen molar-refractivity contribution in [2.24, 2.45) is 0 Å². The normalized spacial score (nSPS) is 15.6. The van der Waals surface area contributed by atoms with Crippen LogP contribution in [-0.2, 0) is 32.1 Å². The third kappa shape index (κ3) is 3.98. The van der Waals surface area contributed by atoms with Gasteiger partial charge in [0.25, 0.3) is 0 Å². The van der Waals surface area contributed by atoms with E-state index in [2.05, 4.69) is 37.3 Å². The summed E-state index contributed by atoms with van der Waals surface area (Å²) in [4.78, 5) is 0. The van der Waals surface area contributed by atoms with Gasteiger partial charge in [0.1, 0.15) is 0 Å². The van der Waals surface area contributed by atoms with Gasteiger partial charge < -0.3 is 29.6 Å². The van der Waals surface area contributed by atoms with Crippen molar-refractivity contribution in [1.29, 1.82) is 0 Å². The second-order valence-electron chi connectivity index (χ2n) is 3.80. The van der Waals surface area contributed by atoms with E-state index in [1.165, 1.54) is 5.56 Å². The van der Waals surface area contributed by atoms with Gasteiger partial charge in [-0.25, -0.2) is 6.08 Å². The first-order valence-electron chi connectivity index (χ1n) is 5.16. The van der Waals surface area contributed by atoms with Crippen molar-refractivity contribution in [2.45, 2.75) is 18.9 Å². The van der Waals surface area contributed by atoms with E-state index in [1.807, 2.05) is 18.2 Å². The van der Waals surface area contributed by atoms with E-state index in [9.17, 15) is 0 Å². The molecule has 1 nitrogen and oxygen atoms in total. The summed E-state index contributed by atoms with van der Waals surface area (Å²) < 4.78 is 5.66. The molecule has 0 fully saturated rings. The molecule has 1 aliphatic carbocycles. The van der Waals surface area contributed by atoms with Crippen molar-refractivity contribution in [3.05, 3.63) is 59.7 Å². The molecule has 1 atom stereocenters. The molecule has 0 amide bonds. The Morgan fingerprint density at radius 2 is 1.78 bits per heavy atom. The Bertz CT molecular complexity index is 404. The van der Waals surface area contributed by atoms with Gasteiger partial charge in [-0.15, -0.1) is 6.42 Å². The van der Waals surface area contributed by atoms with E-state index in [-0.39, 0.29) is 52.1 Å². The monoisotopic (exact) mass is 317 g/mol. The van der Waals surface area contributed by atoms with Crippen LogP contribution in [0, 0.1) is 6.08 Å². The molecule has 2 rings (SSSR count). The molecule has 0 saturated heterocycles. The van der Waals surface area contributed by atoms with Gasteiger partial charge in [-0.1, -0.05) is 30.3 Å². The van der Waals surface area contributed by atoms with Crippen LogP contribution in [0.5, 0.6) is 0 Å². The van der Waals surface area contributed by atoms with Crippen molar-refractivity contribution >= 4 is 0 Å². The quantitative estimate of drug-likeness (QED) is 0.434. The molecule has 18 heavy (non-hydrogen) atoms. The summed E-state index contributed by atoms with van der Waals surface area (Å²) in [5.74, 6) is 0. The maximum Gasteiger partial charge on any atom is 3.00 e. The van der Waals surface area contributed by atoms with Crippen LogP contribution in [0.4, 0.5) is 0 Å². The molecule has 0 aliphatic heterocycles. The Morgan fingerprint density at radius 1 is 1.17 bits per heavy atom. The minimum atomic E-state index is -0.367. The molecule has 0 saturated carbocycles. The van der Waals surface area contributed by atoms with Gasteiger partial charge in [0.05, 0.1) is 5.60 Å². The molecule has 0 heterocycles. The zero-order valence-corrected chi connectivity index (χ0v) is 13.5. The summed E-state index contributed by atoms with van der Waals surface area (Å²) in [7, 11) is 1.74. The third-order valence-corrected chi connectivity index (χ3v) is 2.94. The van der Waals surface area contributed by atoms with Crippen LogP contribution in [0.3, 0.4) is 0 Å². The Hall–Kier alpha value is -0.0457. The van der Waals surface area contributed by atoms with E-state index in [1.54, 1.807) is 7.11 Å².